The second kappa shape index (κ2) is 5.14. The van der Waals surface area contributed by atoms with E-state index in [1.165, 1.54) is 0 Å². The molecule has 5 nitrogen and oxygen atoms in total. The van der Waals surface area contributed by atoms with Crippen molar-refractivity contribution < 1.29 is 5.11 Å². The lowest BCUT2D eigenvalue weighted by atomic mass is 10.2. The second-order valence-corrected chi connectivity index (χ2v) is 2.85. The van der Waals surface area contributed by atoms with Crippen LogP contribution in [0.5, 0.6) is 0 Å². The summed E-state index contributed by atoms with van der Waals surface area (Å²) >= 11 is 0. The Kier molecular flexibility index (Phi) is 3.83. The summed E-state index contributed by atoms with van der Waals surface area (Å²) < 4.78 is 0. The number of aromatic nitrogens is 2. The van der Waals surface area contributed by atoms with Gasteiger partial charge < -0.3 is 10.4 Å². The Morgan fingerprint density at radius 1 is 1.57 bits per heavy atom. The number of anilines is 1. The summed E-state index contributed by atoms with van der Waals surface area (Å²) in [6.45, 7) is 2.02. The van der Waals surface area contributed by atoms with Gasteiger partial charge in [0.2, 0.25) is 0 Å². The first-order valence-corrected chi connectivity index (χ1v) is 4.41. The van der Waals surface area contributed by atoms with Gasteiger partial charge in [0.25, 0.3) is 0 Å². The third-order valence-corrected chi connectivity index (χ3v) is 1.84. The number of aliphatic hydroxyl groups excluding tert-OH is 1. The van der Waals surface area contributed by atoms with Gasteiger partial charge >= 0.3 is 0 Å². The molecule has 2 N–H and O–H groups in total. The smallest absolute Gasteiger partial charge is 0.163 e. The summed E-state index contributed by atoms with van der Waals surface area (Å²) in [6, 6.07) is 5.12. The summed E-state index contributed by atoms with van der Waals surface area (Å²) in [7, 11) is 0. The Bertz CT molecular complexity index is 313. The monoisotopic (exact) mass is 192 g/mol. The molecule has 1 rings (SSSR count). The topological polar surface area (TPSA) is 81.8 Å². The average Bonchev–Trinajstić information content (AvgIpc) is 2.26. The van der Waals surface area contributed by atoms with Gasteiger partial charge in [-0.05, 0) is 18.6 Å². The summed E-state index contributed by atoms with van der Waals surface area (Å²) in [6.07, 6.45) is 0.804. The SMILES string of the molecule is CCC(CO)Nc1ccc(C#N)nn1. The van der Waals surface area contributed by atoms with Crippen LogP contribution in [0.2, 0.25) is 0 Å². The number of hydrogen-bond donors (Lipinski definition) is 2. The van der Waals surface area contributed by atoms with Crippen LogP contribution in [0.4, 0.5) is 5.82 Å². The zero-order chi connectivity index (χ0) is 10.4. The Morgan fingerprint density at radius 3 is 2.79 bits per heavy atom. The van der Waals surface area contributed by atoms with Crippen molar-refractivity contribution >= 4 is 5.82 Å². The van der Waals surface area contributed by atoms with Gasteiger partial charge in [0, 0.05) is 0 Å². The zero-order valence-electron chi connectivity index (χ0n) is 7.94. The van der Waals surface area contributed by atoms with Crippen molar-refractivity contribution in [2.75, 3.05) is 11.9 Å². The van der Waals surface area contributed by atoms with E-state index >= 15 is 0 Å². The predicted molar refractivity (Wildman–Crippen MR) is 51.5 cm³/mol. The van der Waals surface area contributed by atoms with E-state index in [1.54, 1.807) is 12.1 Å². The summed E-state index contributed by atoms with van der Waals surface area (Å²) in [5.41, 5.74) is 0.285. The van der Waals surface area contributed by atoms with Crippen LogP contribution < -0.4 is 5.32 Å². The Hall–Kier alpha value is -1.67. The van der Waals surface area contributed by atoms with Gasteiger partial charge in [-0.3, -0.25) is 0 Å². The molecule has 0 radical (unpaired) electrons. The van der Waals surface area contributed by atoms with Gasteiger partial charge in [0.1, 0.15) is 11.9 Å². The number of aliphatic hydroxyl groups is 1. The lowest BCUT2D eigenvalue weighted by Gasteiger charge is -2.13. The molecule has 0 saturated carbocycles. The van der Waals surface area contributed by atoms with E-state index < -0.39 is 0 Å². The van der Waals surface area contributed by atoms with Crippen LogP contribution in [0, 0.1) is 11.3 Å². The lowest BCUT2D eigenvalue weighted by molar-refractivity contribution is 0.271. The van der Waals surface area contributed by atoms with Crippen molar-refractivity contribution in [1.29, 1.82) is 5.26 Å². The van der Waals surface area contributed by atoms with E-state index in [1.807, 2.05) is 13.0 Å². The fourth-order valence-corrected chi connectivity index (χ4v) is 0.955. The zero-order valence-corrected chi connectivity index (χ0v) is 7.94. The molecule has 14 heavy (non-hydrogen) atoms. The van der Waals surface area contributed by atoms with Crippen LogP contribution >= 0.6 is 0 Å². The molecule has 1 aromatic rings. The number of hydrogen-bond acceptors (Lipinski definition) is 5. The van der Waals surface area contributed by atoms with E-state index in [-0.39, 0.29) is 18.3 Å². The highest BCUT2D eigenvalue weighted by atomic mass is 16.3. The summed E-state index contributed by atoms with van der Waals surface area (Å²) in [5, 5.41) is 27.9. The van der Waals surface area contributed by atoms with Crippen molar-refractivity contribution in [3.63, 3.8) is 0 Å². The van der Waals surface area contributed by atoms with Crippen LogP contribution in [0.15, 0.2) is 12.1 Å². The first kappa shape index (κ1) is 10.4. The lowest BCUT2D eigenvalue weighted by Crippen LogP contribution is -2.23. The summed E-state index contributed by atoms with van der Waals surface area (Å²) in [4.78, 5) is 0. The molecule has 5 heteroatoms. The highest BCUT2D eigenvalue weighted by Gasteiger charge is 2.04. The van der Waals surface area contributed by atoms with Crippen molar-refractivity contribution in [2.45, 2.75) is 19.4 Å². The molecule has 0 aromatic carbocycles. The minimum Gasteiger partial charge on any atom is -0.394 e. The largest absolute Gasteiger partial charge is 0.394 e. The van der Waals surface area contributed by atoms with E-state index in [4.69, 9.17) is 10.4 Å². The molecule has 1 unspecified atom stereocenters. The molecule has 0 saturated heterocycles. The highest BCUT2D eigenvalue weighted by Crippen LogP contribution is 2.04. The average molecular weight is 192 g/mol. The van der Waals surface area contributed by atoms with Crippen LogP contribution in [0.3, 0.4) is 0 Å². The van der Waals surface area contributed by atoms with Gasteiger partial charge in [0.05, 0.1) is 12.6 Å². The molecular formula is C9H12N4O. The maximum Gasteiger partial charge on any atom is 0.163 e. The minimum atomic E-state index is -0.0164. The molecule has 1 atom stereocenters. The van der Waals surface area contributed by atoms with E-state index in [2.05, 4.69) is 15.5 Å². The van der Waals surface area contributed by atoms with Crippen molar-refractivity contribution in [3.05, 3.63) is 17.8 Å². The fourth-order valence-electron chi connectivity index (χ4n) is 0.955. The van der Waals surface area contributed by atoms with E-state index in [0.29, 0.717) is 5.82 Å². The van der Waals surface area contributed by atoms with Gasteiger partial charge in [0.15, 0.2) is 5.69 Å². The van der Waals surface area contributed by atoms with Crippen LogP contribution in [-0.4, -0.2) is 28.0 Å². The normalized spacial score (nSPS) is 11.8. The number of rotatable bonds is 4. The highest BCUT2D eigenvalue weighted by molar-refractivity contribution is 5.36. The van der Waals surface area contributed by atoms with Crippen molar-refractivity contribution in [1.82, 2.24) is 10.2 Å². The van der Waals surface area contributed by atoms with Gasteiger partial charge in [-0.2, -0.15) is 5.26 Å². The third-order valence-electron chi connectivity index (χ3n) is 1.84. The quantitative estimate of drug-likeness (QED) is 0.727. The molecule has 1 heterocycles. The minimum absolute atomic E-state index is 0.0164. The summed E-state index contributed by atoms with van der Waals surface area (Å²) in [5.74, 6) is 0.574. The maximum absolute atomic E-state index is 8.93. The van der Waals surface area contributed by atoms with Gasteiger partial charge in [-0.15, -0.1) is 10.2 Å². The molecule has 1 aromatic heterocycles. The Balaban J connectivity index is 2.64. The molecule has 0 bridgehead atoms. The maximum atomic E-state index is 8.93. The standard InChI is InChI=1S/C9H12N4O/c1-2-7(6-14)11-9-4-3-8(5-10)12-13-9/h3-4,7,14H,2,6H2,1H3,(H,11,13). The van der Waals surface area contributed by atoms with Crippen LogP contribution in [-0.2, 0) is 0 Å². The third kappa shape index (κ3) is 2.68. The van der Waals surface area contributed by atoms with Gasteiger partial charge in [-0.1, -0.05) is 6.92 Å². The Morgan fingerprint density at radius 2 is 2.36 bits per heavy atom. The Labute approximate surface area is 82.4 Å². The van der Waals surface area contributed by atoms with E-state index in [0.717, 1.165) is 6.42 Å². The number of nitrogens with zero attached hydrogens (tertiary/aromatic N) is 3. The molecule has 0 aliphatic heterocycles. The first-order valence-electron chi connectivity index (χ1n) is 4.41. The first-order chi connectivity index (χ1) is 6.80. The number of nitriles is 1. The molecule has 0 fully saturated rings. The molecular weight excluding hydrogens is 180 g/mol. The van der Waals surface area contributed by atoms with Crippen molar-refractivity contribution in [2.24, 2.45) is 0 Å². The molecule has 0 aliphatic carbocycles. The van der Waals surface area contributed by atoms with E-state index in [9.17, 15) is 0 Å². The molecule has 0 aliphatic rings. The number of nitrogens with one attached hydrogen (secondary N) is 1. The molecule has 0 amide bonds. The van der Waals surface area contributed by atoms with Gasteiger partial charge in [-0.25, -0.2) is 0 Å². The van der Waals surface area contributed by atoms with Crippen LogP contribution in [0.1, 0.15) is 19.0 Å². The van der Waals surface area contributed by atoms with Crippen LogP contribution in [0.25, 0.3) is 0 Å². The fraction of sp³-hybridized carbons (Fsp3) is 0.444. The predicted octanol–water partition coefficient (Wildman–Crippen LogP) is 0.531. The molecule has 0 spiro atoms. The van der Waals surface area contributed by atoms with Crippen molar-refractivity contribution in [3.8, 4) is 6.07 Å². The second-order valence-electron chi connectivity index (χ2n) is 2.85. The molecule has 74 valence electrons.